The Balaban J connectivity index is 2.32. The van der Waals surface area contributed by atoms with Crippen molar-refractivity contribution in [3.63, 3.8) is 0 Å². The molecule has 80 valence electrons. The molecule has 2 rings (SSSR count). The van der Waals surface area contributed by atoms with Gasteiger partial charge in [0.25, 0.3) is 0 Å². The van der Waals surface area contributed by atoms with Crippen molar-refractivity contribution in [2.24, 2.45) is 0 Å². The van der Waals surface area contributed by atoms with E-state index in [1.165, 1.54) is 11.1 Å². The van der Waals surface area contributed by atoms with E-state index in [1.54, 1.807) is 0 Å². The van der Waals surface area contributed by atoms with Crippen molar-refractivity contribution in [2.75, 3.05) is 0 Å². The zero-order valence-corrected chi connectivity index (χ0v) is 8.99. The van der Waals surface area contributed by atoms with Gasteiger partial charge in [-0.1, -0.05) is 31.2 Å². The first kappa shape index (κ1) is 10.2. The molecule has 0 unspecified atom stereocenters. The number of rotatable bonds is 4. The fraction of sp³-hybridized carbons (Fsp3) is 0.462. The van der Waals surface area contributed by atoms with E-state index in [9.17, 15) is 4.79 Å². The van der Waals surface area contributed by atoms with Crippen LogP contribution < -0.4 is 0 Å². The molecule has 1 aliphatic carbocycles. The Labute approximate surface area is 89.9 Å². The summed E-state index contributed by atoms with van der Waals surface area (Å²) < 4.78 is 0. The van der Waals surface area contributed by atoms with Gasteiger partial charge in [-0.15, -0.1) is 0 Å². The summed E-state index contributed by atoms with van der Waals surface area (Å²) in [6.07, 6.45) is 3.31. The Morgan fingerprint density at radius 3 is 2.60 bits per heavy atom. The van der Waals surface area contributed by atoms with E-state index in [1.807, 2.05) is 12.1 Å². The molecule has 0 radical (unpaired) electrons. The molecule has 1 N–H and O–H groups in total. The Kier molecular flexibility index (Phi) is 2.51. The van der Waals surface area contributed by atoms with E-state index in [0.29, 0.717) is 0 Å². The lowest BCUT2D eigenvalue weighted by atomic mass is 9.88. The summed E-state index contributed by atoms with van der Waals surface area (Å²) in [6.45, 7) is 2.12. The van der Waals surface area contributed by atoms with Crippen LogP contribution in [0.4, 0.5) is 0 Å². The first-order valence-electron chi connectivity index (χ1n) is 5.48. The molecule has 0 atom stereocenters. The van der Waals surface area contributed by atoms with Crippen molar-refractivity contribution in [3.05, 3.63) is 35.4 Å². The van der Waals surface area contributed by atoms with Crippen LogP contribution in [0.1, 0.15) is 37.3 Å². The molecule has 0 aromatic heterocycles. The summed E-state index contributed by atoms with van der Waals surface area (Å²) >= 11 is 0. The van der Waals surface area contributed by atoms with E-state index in [-0.39, 0.29) is 11.8 Å². The Morgan fingerprint density at radius 1 is 1.40 bits per heavy atom. The first-order valence-corrected chi connectivity index (χ1v) is 5.48. The molecule has 15 heavy (non-hydrogen) atoms. The molecule has 0 amide bonds. The van der Waals surface area contributed by atoms with E-state index < -0.39 is 5.97 Å². The van der Waals surface area contributed by atoms with Crippen LogP contribution in [0.5, 0.6) is 0 Å². The van der Waals surface area contributed by atoms with Crippen LogP contribution >= 0.6 is 0 Å². The molecular weight excluding hydrogens is 188 g/mol. The van der Waals surface area contributed by atoms with Crippen LogP contribution in [0, 0.1) is 0 Å². The minimum absolute atomic E-state index is 0.0432. The van der Waals surface area contributed by atoms with Crippen molar-refractivity contribution >= 4 is 5.97 Å². The van der Waals surface area contributed by atoms with Gasteiger partial charge in [0.1, 0.15) is 0 Å². The smallest absolute Gasteiger partial charge is 0.304 e. The molecule has 0 saturated heterocycles. The molecule has 0 bridgehead atoms. The summed E-state index contributed by atoms with van der Waals surface area (Å²) in [5.74, 6) is -0.682. The van der Waals surface area contributed by atoms with Crippen molar-refractivity contribution < 1.29 is 9.90 Å². The lowest BCUT2D eigenvalue weighted by molar-refractivity contribution is -0.137. The lowest BCUT2D eigenvalue weighted by Crippen LogP contribution is -2.14. The van der Waals surface area contributed by atoms with Gasteiger partial charge >= 0.3 is 5.97 Å². The average molecular weight is 204 g/mol. The van der Waals surface area contributed by atoms with E-state index in [0.717, 1.165) is 19.3 Å². The predicted octanol–water partition coefficient (Wildman–Crippen LogP) is 2.76. The standard InChI is InChI=1S/C13H16O2/c1-2-10-5-3-4-6-11(10)13(7-8-13)9-12(14)15/h3-6H,2,7-9H2,1H3,(H,14,15). The summed E-state index contributed by atoms with van der Waals surface area (Å²) in [5, 5.41) is 8.91. The number of hydrogen-bond acceptors (Lipinski definition) is 1. The highest BCUT2D eigenvalue weighted by Gasteiger charge is 2.46. The van der Waals surface area contributed by atoms with Gasteiger partial charge in [-0.05, 0) is 30.4 Å². The third kappa shape index (κ3) is 1.89. The third-order valence-electron chi connectivity index (χ3n) is 3.31. The zero-order valence-electron chi connectivity index (χ0n) is 8.99. The van der Waals surface area contributed by atoms with Gasteiger partial charge in [-0.2, -0.15) is 0 Å². The number of carbonyl (C=O) groups is 1. The minimum atomic E-state index is -0.682. The van der Waals surface area contributed by atoms with Crippen LogP contribution in [-0.2, 0) is 16.6 Å². The lowest BCUT2D eigenvalue weighted by Gasteiger charge is -2.16. The second-order valence-electron chi connectivity index (χ2n) is 4.36. The van der Waals surface area contributed by atoms with Gasteiger partial charge in [0.2, 0.25) is 0 Å². The highest BCUT2D eigenvalue weighted by molar-refractivity contribution is 5.70. The van der Waals surface area contributed by atoms with E-state index >= 15 is 0 Å². The topological polar surface area (TPSA) is 37.3 Å². The summed E-state index contributed by atoms with van der Waals surface area (Å²) in [5.41, 5.74) is 2.52. The fourth-order valence-corrected chi connectivity index (χ4v) is 2.33. The molecule has 1 aliphatic rings. The zero-order chi connectivity index (χ0) is 10.9. The molecule has 2 nitrogen and oxygen atoms in total. The van der Waals surface area contributed by atoms with Gasteiger partial charge < -0.3 is 5.11 Å². The van der Waals surface area contributed by atoms with Crippen molar-refractivity contribution in [3.8, 4) is 0 Å². The molecule has 1 fully saturated rings. The highest BCUT2D eigenvalue weighted by atomic mass is 16.4. The minimum Gasteiger partial charge on any atom is -0.481 e. The number of aliphatic carboxylic acids is 1. The van der Waals surface area contributed by atoms with Gasteiger partial charge in [-0.25, -0.2) is 0 Å². The Bertz CT molecular complexity index is 378. The van der Waals surface area contributed by atoms with Gasteiger partial charge in [-0.3, -0.25) is 4.79 Å². The van der Waals surface area contributed by atoms with Gasteiger partial charge in [0.15, 0.2) is 0 Å². The van der Waals surface area contributed by atoms with Crippen molar-refractivity contribution in [2.45, 2.75) is 38.0 Å². The molecular formula is C13H16O2. The summed E-state index contributed by atoms with van der Waals surface area (Å²) in [4.78, 5) is 10.8. The van der Waals surface area contributed by atoms with Crippen LogP contribution in [0.2, 0.25) is 0 Å². The second kappa shape index (κ2) is 3.69. The van der Waals surface area contributed by atoms with Crippen LogP contribution in [0.3, 0.4) is 0 Å². The third-order valence-corrected chi connectivity index (χ3v) is 3.31. The molecule has 1 saturated carbocycles. The van der Waals surface area contributed by atoms with E-state index in [2.05, 4.69) is 19.1 Å². The summed E-state index contributed by atoms with van der Waals surface area (Å²) in [6, 6.07) is 8.24. The van der Waals surface area contributed by atoms with Gasteiger partial charge in [0, 0.05) is 5.41 Å². The van der Waals surface area contributed by atoms with Crippen LogP contribution in [0.25, 0.3) is 0 Å². The Morgan fingerprint density at radius 2 is 2.07 bits per heavy atom. The number of benzene rings is 1. The quantitative estimate of drug-likeness (QED) is 0.818. The second-order valence-corrected chi connectivity index (χ2v) is 4.36. The maximum atomic E-state index is 10.8. The molecule has 0 heterocycles. The number of carboxylic acid groups (broad SMARTS) is 1. The number of carboxylic acids is 1. The largest absolute Gasteiger partial charge is 0.481 e. The average Bonchev–Trinajstić information content (AvgIpc) is 2.98. The SMILES string of the molecule is CCc1ccccc1C1(CC(=O)O)CC1. The van der Waals surface area contributed by atoms with Gasteiger partial charge in [0.05, 0.1) is 6.42 Å². The molecule has 0 aliphatic heterocycles. The number of aryl methyl sites for hydroxylation is 1. The summed E-state index contributed by atoms with van der Waals surface area (Å²) in [7, 11) is 0. The van der Waals surface area contributed by atoms with Crippen molar-refractivity contribution in [1.82, 2.24) is 0 Å². The molecule has 1 aromatic carbocycles. The maximum Gasteiger partial charge on any atom is 0.304 e. The van der Waals surface area contributed by atoms with Crippen molar-refractivity contribution in [1.29, 1.82) is 0 Å². The van der Waals surface area contributed by atoms with Crippen LogP contribution in [0.15, 0.2) is 24.3 Å². The fourth-order valence-electron chi connectivity index (χ4n) is 2.33. The maximum absolute atomic E-state index is 10.8. The normalized spacial score (nSPS) is 17.4. The first-order chi connectivity index (χ1) is 7.18. The van der Waals surface area contributed by atoms with E-state index in [4.69, 9.17) is 5.11 Å². The molecule has 1 aromatic rings. The molecule has 2 heteroatoms. The number of hydrogen-bond donors (Lipinski definition) is 1. The van der Waals surface area contributed by atoms with Crippen LogP contribution in [-0.4, -0.2) is 11.1 Å². The molecule has 0 spiro atoms. The monoisotopic (exact) mass is 204 g/mol. The highest BCUT2D eigenvalue weighted by Crippen LogP contribution is 2.52. The Hall–Kier alpha value is -1.31. The predicted molar refractivity (Wildman–Crippen MR) is 59.0 cm³/mol.